The van der Waals surface area contributed by atoms with Crippen LogP contribution in [0.4, 0.5) is 0 Å². The van der Waals surface area contributed by atoms with E-state index in [0.29, 0.717) is 5.39 Å². The number of rotatable bonds is 7. The van der Waals surface area contributed by atoms with E-state index in [-0.39, 0.29) is 35.9 Å². The highest BCUT2D eigenvalue weighted by atomic mass is 16.2. The Morgan fingerprint density at radius 3 is 2.35 bits per heavy atom. The summed E-state index contributed by atoms with van der Waals surface area (Å²) in [5, 5.41) is 8.71. The van der Waals surface area contributed by atoms with E-state index in [4.69, 9.17) is 0 Å². The van der Waals surface area contributed by atoms with Crippen LogP contribution in [0.1, 0.15) is 31.4 Å². The molecule has 1 heterocycles. The molecule has 2 amide bonds. The number of nitrogens with one attached hydrogen (secondary N) is 1. The number of aryl methyl sites for hydroxylation is 1. The predicted molar refractivity (Wildman–Crippen MR) is 121 cm³/mol. The Kier molecular flexibility index (Phi) is 7.43. The van der Waals surface area contributed by atoms with Crippen molar-refractivity contribution in [3.63, 3.8) is 0 Å². The van der Waals surface area contributed by atoms with Crippen molar-refractivity contribution in [1.82, 2.24) is 24.9 Å². The van der Waals surface area contributed by atoms with Gasteiger partial charge in [0.2, 0.25) is 11.8 Å². The molecule has 8 heteroatoms. The van der Waals surface area contributed by atoms with Gasteiger partial charge in [0.15, 0.2) is 0 Å². The number of benzene rings is 1. The van der Waals surface area contributed by atoms with Gasteiger partial charge in [0, 0.05) is 37.5 Å². The first-order chi connectivity index (χ1) is 14.8. The molecule has 1 N–H and O–H groups in total. The molecule has 0 atom stereocenters. The van der Waals surface area contributed by atoms with Crippen LogP contribution in [0, 0.1) is 12.8 Å². The van der Waals surface area contributed by atoms with Gasteiger partial charge in [-0.3, -0.25) is 14.4 Å². The molecular formula is C23H33N5O3. The van der Waals surface area contributed by atoms with Crippen molar-refractivity contribution < 1.29 is 9.59 Å². The molecule has 2 aromatic rings. The standard InChI is InChI=1S/C23H33N5O3/c1-16-19-7-5-6-8-20(19)23(31)28(25-16)15-21(29)24-18-11-9-17(10-12-18)22(30)27(4)14-13-26(2)3/h5-8,17-18H,9-15H2,1-4H3,(H,24,29). The number of nitrogens with zero attached hydrogens (tertiary/aromatic N) is 4. The number of hydrogen-bond donors (Lipinski definition) is 1. The molecule has 168 valence electrons. The second-order valence-electron chi connectivity index (χ2n) is 8.77. The lowest BCUT2D eigenvalue weighted by molar-refractivity contribution is -0.135. The number of amides is 2. The summed E-state index contributed by atoms with van der Waals surface area (Å²) in [5.74, 6) is -0.0103. The summed E-state index contributed by atoms with van der Waals surface area (Å²) in [6.07, 6.45) is 3.07. The molecule has 31 heavy (non-hydrogen) atoms. The molecule has 1 aliphatic rings. The Hall–Kier alpha value is -2.74. The third kappa shape index (κ3) is 5.70. The summed E-state index contributed by atoms with van der Waals surface area (Å²) in [5.41, 5.74) is 0.465. The SMILES string of the molecule is Cc1nn(CC(=O)NC2CCC(C(=O)N(C)CCN(C)C)CC2)c(=O)c2ccccc12. The molecule has 0 spiro atoms. The van der Waals surface area contributed by atoms with Crippen molar-refractivity contribution in [1.29, 1.82) is 0 Å². The zero-order valence-corrected chi connectivity index (χ0v) is 18.9. The Morgan fingerprint density at radius 2 is 1.71 bits per heavy atom. The van der Waals surface area contributed by atoms with E-state index in [9.17, 15) is 14.4 Å². The van der Waals surface area contributed by atoms with Crippen LogP contribution in [0.15, 0.2) is 29.1 Å². The molecule has 3 rings (SSSR count). The van der Waals surface area contributed by atoms with Gasteiger partial charge < -0.3 is 15.1 Å². The Bertz CT molecular complexity index is 992. The number of hydrogen-bond acceptors (Lipinski definition) is 5. The molecule has 8 nitrogen and oxygen atoms in total. The highest BCUT2D eigenvalue weighted by Gasteiger charge is 2.29. The van der Waals surface area contributed by atoms with E-state index in [2.05, 4.69) is 15.3 Å². The van der Waals surface area contributed by atoms with Gasteiger partial charge in [-0.1, -0.05) is 18.2 Å². The summed E-state index contributed by atoms with van der Waals surface area (Å²) < 4.78 is 1.24. The van der Waals surface area contributed by atoms with E-state index in [1.165, 1.54) is 4.68 Å². The third-order valence-electron chi connectivity index (χ3n) is 6.05. The predicted octanol–water partition coefficient (Wildman–Crippen LogP) is 1.40. The quantitative estimate of drug-likeness (QED) is 0.722. The Morgan fingerprint density at radius 1 is 1.06 bits per heavy atom. The minimum absolute atomic E-state index is 0.0211. The van der Waals surface area contributed by atoms with Crippen LogP contribution in [-0.2, 0) is 16.1 Å². The smallest absolute Gasteiger partial charge is 0.275 e. The summed E-state index contributed by atoms with van der Waals surface area (Å²) >= 11 is 0. The molecule has 0 radical (unpaired) electrons. The summed E-state index contributed by atoms with van der Waals surface area (Å²) in [7, 11) is 5.85. The van der Waals surface area contributed by atoms with Crippen LogP contribution in [0.2, 0.25) is 0 Å². The van der Waals surface area contributed by atoms with E-state index >= 15 is 0 Å². The first-order valence-electron chi connectivity index (χ1n) is 10.9. The number of fused-ring (bicyclic) bond motifs is 1. The van der Waals surface area contributed by atoms with E-state index in [1.807, 2.05) is 51.2 Å². The molecule has 1 fully saturated rings. The molecule has 0 saturated heterocycles. The van der Waals surface area contributed by atoms with Gasteiger partial charge in [0.25, 0.3) is 5.56 Å². The van der Waals surface area contributed by atoms with E-state index in [1.54, 1.807) is 6.07 Å². The Labute approximate surface area is 183 Å². The van der Waals surface area contributed by atoms with Gasteiger partial charge in [-0.25, -0.2) is 4.68 Å². The molecule has 0 unspecified atom stereocenters. The fraction of sp³-hybridized carbons (Fsp3) is 0.565. The fourth-order valence-electron chi connectivity index (χ4n) is 4.18. The maximum Gasteiger partial charge on any atom is 0.275 e. The highest BCUT2D eigenvalue weighted by molar-refractivity contribution is 5.84. The molecular weight excluding hydrogens is 394 g/mol. The third-order valence-corrected chi connectivity index (χ3v) is 6.05. The first-order valence-corrected chi connectivity index (χ1v) is 10.9. The number of aromatic nitrogens is 2. The number of carbonyl (C=O) groups is 2. The minimum Gasteiger partial charge on any atom is -0.352 e. The molecule has 1 aromatic carbocycles. The zero-order chi connectivity index (χ0) is 22.5. The van der Waals surface area contributed by atoms with Crippen LogP contribution < -0.4 is 10.9 Å². The van der Waals surface area contributed by atoms with Crippen LogP contribution in [0.5, 0.6) is 0 Å². The first kappa shape index (κ1) is 22.9. The van der Waals surface area contributed by atoms with Gasteiger partial charge >= 0.3 is 0 Å². The number of likely N-dealkylation sites (N-methyl/N-ethyl adjacent to an activating group) is 2. The lowest BCUT2D eigenvalue weighted by Gasteiger charge is -2.31. The van der Waals surface area contributed by atoms with Gasteiger partial charge in [-0.05, 0) is 52.8 Å². The average Bonchev–Trinajstić information content (AvgIpc) is 2.75. The second kappa shape index (κ2) is 10.0. The van der Waals surface area contributed by atoms with Crippen molar-refractivity contribution in [2.75, 3.05) is 34.2 Å². The van der Waals surface area contributed by atoms with Crippen LogP contribution in [-0.4, -0.2) is 71.7 Å². The second-order valence-corrected chi connectivity index (χ2v) is 8.77. The minimum atomic E-state index is -0.258. The summed E-state index contributed by atoms with van der Waals surface area (Å²) in [4.78, 5) is 41.7. The van der Waals surface area contributed by atoms with Gasteiger partial charge in [-0.15, -0.1) is 0 Å². The normalized spacial score (nSPS) is 18.9. The topological polar surface area (TPSA) is 87.5 Å². The maximum absolute atomic E-state index is 12.7. The monoisotopic (exact) mass is 427 g/mol. The van der Waals surface area contributed by atoms with Crippen LogP contribution in [0.25, 0.3) is 10.8 Å². The average molecular weight is 428 g/mol. The molecule has 1 aliphatic carbocycles. The maximum atomic E-state index is 12.7. The van der Waals surface area contributed by atoms with Crippen molar-refractivity contribution >= 4 is 22.6 Å². The molecule has 1 aromatic heterocycles. The lowest BCUT2D eigenvalue weighted by atomic mass is 9.85. The lowest BCUT2D eigenvalue weighted by Crippen LogP contribution is -2.44. The molecule has 0 aliphatic heterocycles. The van der Waals surface area contributed by atoms with Crippen molar-refractivity contribution in [3.05, 3.63) is 40.3 Å². The number of carbonyl (C=O) groups excluding carboxylic acids is 2. The van der Waals surface area contributed by atoms with Crippen molar-refractivity contribution in [2.24, 2.45) is 5.92 Å². The van der Waals surface area contributed by atoms with Gasteiger partial charge in [-0.2, -0.15) is 5.10 Å². The zero-order valence-electron chi connectivity index (χ0n) is 18.9. The van der Waals surface area contributed by atoms with Gasteiger partial charge in [0.1, 0.15) is 6.54 Å². The van der Waals surface area contributed by atoms with E-state index < -0.39 is 0 Å². The molecule has 0 bridgehead atoms. The molecule has 1 saturated carbocycles. The fourth-order valence-corrected chi connectivity index (χ4v) is 4.18. The van der Waals surface area contributed by atoms with Crippen molar-refractivity contribution in [2.45, 2.75) is 45.2 Å². The summed E-state index contributed by atoms with van der Waals surface area (Å²) in [6, 6.07) is 7.33. The largest absolute Gasteiger partial charge is 0.352 e. The van der Waals surface area contributed by atoms with Crippen LogP contribution in [0.3, 0.4) is 0 Å². The van der Waals surface area contributed by atoms with E-state index in [0.717, 1.165) is 49.9 Å². The van der Waals surface area contributed by atoms with Crippen molar-refractivity contribution in [3.8, 4) is 0 Å². The van der Waals surface area contributed by atoms with Gasteiger partial charge in [0.05, 0.1) is 11.1 Å². The Balaban J connectivity index is 1.53. The highest BCUT2D eigenvalue weighted by Crippen LogP contribution is 2.25. The summed E-state index contributed by atoms with van der Waals surface area (Å²) in [6.45, 7) is 3.30. The van der Waals surface area contributed by atoms with Crippen LogP contribution >= 0.6 is 0 Å².